The maximum Gasteiger partial charge on any atom is 0.319 e. The SMILES string of the molecule is CC(C)(C)NC(=O)Nc1cc(Cl)ccc1OCCCN. The minimum Gasteiger partial charge on any atom is -0.491 e. The molecule has 0 radical (unpaired) electrons. The molecule has 2 amide bonds. The van der Waals surface area contributed by atoms with Gasteiger partial charge < -0.3 is 21.1 Å². The Morgan fingerprint density at radius 2 is 2.10 bits per heavy atom. The topological polar surface area (TPSA) is 76.4 Å². The van der Waals surface area contributed by atoms with Crippen LogP contribution in [0.4, 0.5) is 10.5 Å². The number of halogens is 1. The van der Waals surface area contributed by atoms with Crippen LogP contribution >= 0.6 is 11.6 Å². The van der Waals surface area contributed by atoms with Gasteiger partial charge in [-0.15, -0.1) is 0 Å². The van der Waals surface area contributed by atoms with E-state index in [-0.39, 0.29) is 11.6 Å². The van der Waals surface area contributed by atoms with Crippen molar-refractivity contribution in [3.63, 3.8) is 0 Å². The van der Waals surface area contributed by atoms with Crippen LogP contribution in [0.5, 0.6) is 5.75 Å². The van der Waals surface area contributed by atoms with E-state index in [9.17, 15) is 4.79 Å². The predicted molar refractivity (Wildman–Crippen MR) is 82.5 cm³/mol. The number of anilines is 1. The molecule has 0 fully saturated rings. The summed E-state index contributed by atoms with van der Waals surface area (Å²) in [6, 6.07) is 4.79. The van der Waals surface area contributed by atoms with Crippen LogP contribution in [0.2, 0.25) is 5.02 Å². The second kappa shape index (κ2) is 7.36. The van der Waals surface area contributed by atoms with Crippen molar-refractivity contribution in [2.24, 2.45) is 5.73 Å². The van der Waals surface area contributed by atoms with E-state index in [1.165, 1.54) is 0 Å². The highest BCUT2D eigenvalue weighted by Crippen LogP contribution is 2.28. The summed E-state index contributed by atoms with van der Waals surface area (Å²) >= 11 is 5.95. The highest BCUT2D eigenvalue weighted by atomic mass is 35.5. The summed E-state index contributed by atoms with van der Waals surface area (Å²) < 4.78 is 5.58. The predicted octanol–water partition coefficient (Wildman–Crippen LogP) is 2.99. The van der Waals surface area contributed by atoms with Crippen molar-refractivity contribution in [3.05, 3.63) is 23.2 Å². The van der Waals surface area contributed by atoms with Gasteiger partial charge in [0.2, 0.25) is 0 Å². The first-order valence-corrected chi connectivity index (χ1v) is 6.91. The Morgan fingerprint density at radius 3 is 2.70 bits per heavy atom. The van der Waals surface area contributed by atoms with Crippen molar-refractivity contribution in [1.29, 1.82) is 0 Å². The number of amides is 2. The number of nitrogens with one attached hydrogen (secondary N) is 2. The van der Waals surface area contributed by atoms with E-state index in [1.807, 2.05) is 20.8 Å². The molecule has 0 aliphatic heterocycles. The Bertz CT molecular complexity index is 458. The van der Waals surface area contributed by atoms with Gasteiger partial charge in [-0.05, 0) is 51.9 Å². The molecule has 0 bridgehead atoms. The maximum atomic E-state index is 11.9. The molecule has 0 unspecified atom stereocenters. The molecule has 0 heterocycles. The number of urea groups is 1. The van der Waals surface area contributed by atoms with Crippen LogP contribution < -0.4 is 21.1 Å². The fourth-order valence-corrected chi connectivity index (χ4v) is 1.66. The first kappa shape index (κ1) is 16.6. The third-order valence-electron chi connectivity index (χ3n) is 2.28. The maximum absolute atomic E-state index is 11.9. The van der Waals surface area contributed by atoms with Gasteiger partial charge >= 0.3 is 6.03 Å². The quantitative estimate of drug-likeness (QED) is 0.732. The fraction of sp³-hybridized carbons (Fsp3) is 0.500. The Kier molecular flexibility index (Phi) is 6.10. The number of hydrogen-bond acceptors (Lipinski definition) is 3. The number of rotatable bonds is 5. The Hall–Kier alpha value is -1.46. The van der Waals surface area contributed by atoms with E-state index in [0.29, 0.717) is 29.6 Å². The molecule has 1 aromatic rings. The van der Waals surface area contributed by atoms with Gasteiger partial charge in [0, 0.05) is 10.6 Å². The summed E-state index contributed by atoms with van der Waals surface area (Å²) in [4.78, 5) is 11.9. The first-order chi connectivity index (χ1) is 9.31. The van der Waals surface area contributed by atoms with E-state index in [1.54, 1.807) is 18.2 Å². The van der Waals surface area contributed by atoms with Crippen LogP contribution in [0, 0.1) is 0 Å². The van der Waals surface area contributed by atoms with Crippen LogP contribution in [0.1, 0.15) is 27.2 Å². The second-order valence-corrected chi connectivity index (χ2v) is 5.90. The van der Waals surface area contributed by atoms with Crippen molar-refractivity contribution >= 4 is 23.3 Å². The summed E-state index contributed by atoms with van der Waals surface area (Å²) in [5.74, 6) is 0.576. The zero-order chi connectivity index (χ0) is 15.2. The first-order valence-electron chi connectivity index (χ1n) is 6.53. The van der Waals surface area contributed by atoms with Crippen molar-refractivity contribution in [1.82, 2.24) is 5.32 Å². The Balaban J connectivity index is 2.76. The minimum atomic E-state index is -0.316. The van der Waals surface area contributed by atoms with E-state index in [2.05, 4.69) is 10.6 Å². The van der Waals surface area contributed by atoms with Crippen LogP contribution in [0.15, 0.2) is 18.2 Å². The average Bonchev–Trinajstić information content (AvgIpc) is 2.29. The molecule has 5 nitrogen and oxygen atoms in total. The Morgan fingerprint density at radius 1 is 1.40 bits per heavy atom. The van der Waals surface area contributed by atoms with Crippen LogP contribution in [0.3, 0.4) is 0 Å². The molecular formula is C14H22ClN3O2. The van der Waals surface area contributed by atoms with Crippen molar-refractivity contribution in [2.45, 2.75) is 32.7 Å². The smallest absolute Gasteiger partial charge is 0.319 e. The molecule has 4 N–H and O–H groups in total. The van der Waals surface area contributed by atoms with E-state index >= 15 is 0 Å². The molecule has 20 heavy (non-hydrogen) atoms. The standard InChI is InChI=1S/C14H22ClN3O2/c1-14(2,3)18-13(19)17-11-9-10(15)5-6-12(11)20-8-4-7-16/h5-6,9H,4,7-8,16H2,1-3H3,(H2,17,18,19). The zero-order valence-electron chi connectivity index (χ0n) is 12.1. The van der Waals surface area contributed by atoms with Gasteiger partial charge in [0.15, 0.2) is 0 Å². The second-order valence-electron chi connectivity index (χ2n) is 5.46. The molecule has 6 heteroatoms. The number of carbonyl (C=O) groups is 1. The summed E-state index contributed by atoms with van der Waals surface area (Å²) in [5.41, 5.74) is 5.65. The van der Waals surface area contributed by atoms with Gasteiger partial charge in [0.05, 0.1) is 12.3 Å². The normalized spacial score (nSPS) is 11.1. The summed E-state index contributed by atoms with van der Waals surface area (Å²) in [6.07, 6.45) is 0.746. The van der Waals surface area contributed by atoms with Gasteiger partial charge in [-0.2, -0.15) is 0 Å². The summed E-state index contributed by atoms with van der Waals surface area (Å²) in [7, 11) is 0. The monoisotopic (exact) mass is 299 g/mol. The Labute approximate surface area is 124 Å². The van der Waals surface area contributed by atoms with Crippen molar-refractivity contribution < 1.29 is 9.53 Å². The lowest BCUT2D eigenvalue weighted by Gasteiger charge is -2.21. The largest absolute Gasteiger partial charge is 0.491 e. The minimum absolute atomic E-state index is 0.302. The average molecular weight is 300 g/mol. The van der Waals surface area contributed by atoms with Gasteiger partial charge in [0.25, 0.3) is 0 Å². The number of carbonyl (C=O) groups excluding carboxylic acids is 1. The lowest BCUT2D eigenvalue weighted by Crippen LogP contribution is -2.43. The molecule has 1 rings (SSSR count). The number of hydrogen-bond donors (Lipinski definition) is 3. The lowest BCUT2D eigenvalue weighted by atomic mass is 10.1. The molecule has 0 aliphatic rings. The lowest BCUT2D eigenvalue weighted by molar-refractivity contribution is 0.243. The van der Waals surface area contributed by atoms with E-state index in [4.69, 9.17) is 22.1 Å². The van der Waals surface area contributed by atoms with Crippen LogP contribution in [-0.4, -0.2) is 24.7 Å². The van der Waals surface area contributed by atoms with Gasteiger partial charge in [-0.3, -0.25) is 0 Å². The number of benzene rings is 1. The molecule has 0 spiro atoms. The fourth-order valence-electron chi connectivity index (χ4n) is 1.49. The number of nitrogens with two attached hydrogens (primary N) is 1. The molecule has 0 saturated heterocycles. The molecule has 0 atom stereocenters. The van der Waals surface area contributed by atoms with Gasteiger partial charge in [-0.1, -0.05) is 11.6 Å². The summed E-state index contributed by atoms with van der Waals surface area (Å²) in [6.45, 7) is 6.77. The van der Waals surface area contributed by atoms with Crippen molar-refractivity contribution in [3.8, 4) is 5.75 Å². The molecule has 0 aromatic heterocycles. The molecule has 0 aliphatic carbocycles. The highest BCUT2D eigenvalue weighted by molar-refractivity contribution is 6.31. The molecule has 1 aromatic carbocycles. The molecule has 112 valence electrons. The highest BCUT2D eigenvalue weighted by Gasteiger charge is 2.15. The van der Waals surface area contributed by atoms with Gasteiger partial charge in [-0.25, -0.2) is 4.79 Å². The number of ether oxygens (including phenoxy) is 1. The van der Waals surface area contributed by atoms with Crippen LogP contribution in [-0.2, 0) is 0 Å². The zero-order valence-corrected chi connectivity index (χ0v) is 12.9. The molecule has 0 saturated carbocycles. The van der Waals surface area contributed by atoms with E-state index < -0.39 is 0 Å². The third kappa shape index (κ3) is 6.12. The van der Waals surface area contributed by atoms with Crippen LogP contribution in [0.25, 0.3) is 0 Å². The van der Waals surface area contributed by atoms with Gasteiger partial charge in [0.1, 0.15) is 5.75 Å². The van der Waals surface area contributed by atoms with E-state index in [0.717, 1.165) is 6.42 Å². The van der Waals surface area contributed by atoms with Crippen molar-refractivity contribution in [2.75, 3.05) is 18.5 Å². The molecular weight excluding hydrogens is 278 g/mol. The third-order valence-corrected chi connectivity index (χ3v) is 2.52. The summed E-state index contributed by atoms with van der Waals surface area (Å²) in [5, 5.41) is 6.09.